The minimum atomic E-state index is -0.424. The summed E-state index contributed by atoms with van der Waals surface area (Å²) in [7, 11) is 0. The topological polar surface area (TPSA) is 86.8 Å². The summed E-state index contributed by atoms with van der Waals surface area (Å²) in [4.78, 5) is 29.0. The van der Waals surface area contributed by atoms with E-state index in [0.29, 0.717) is 54.5 Å². The number of carbonyl (C=O) groups excluding carboxylic acids is 2. The Hall–Kier alpha value is -3.61. The summed E-state index contributed by atoms with van der Waals surface area (Å²) < 4.78 is 16.8. The molecule has 7 nitrogen and oxygen atoms in total. The van der Waals surface area contributed by atoms with Crippen molar-refractivity contribution in [3.05, 3.63) is 54.1 Å². The van der Waals surface area contributed by atoms with E-state index in [4.69, 9.17) is 19.2 Å². The summed E-state index contributed by atoms with van der Waals surface area (Å²) in [5.74, 6) is 0.936. The lowest BCUT2D eigenvalue weighted by Gasteiger charge is -2.19. The first-order chi connectivity index (χ1) is 14.7. The summed E-state index contributed by atoms with van der Waals surface area (Å²) >= 11 is 0. The number of nitrogens with one attached hydrogen (secondary N) is 1. The molecule has 1 N–H and O–H groups in total. The molecule has 0 spiro atoms. The van der Waals surface area contributed by atoms with Crippen molar-refractivity contribution in [2.75, 3.05) is 26.4 Å². The van der Waals surface area contributed by atoms with Gasteiger partial charge in [-0.2, -0.15) is 0 Å². The van der Waals surface area contributed by atoms with Crippen LogP contribution in [0.15, 0.2) is 48.5 Å². The highest BCUT2D eigenvalue weighted by Gasteiger charge is 2.24. The number of ether oxygens (including phenoxy) is 3. The van der Waals surface area contributed by atoms with E-state index in [-0.39, 0.29) is 18.4 Å². The van der Waals surface area contributed by atoms with Gasteiger partial charge in [0.05, 0.1) is 23.4 Å². The first kappa shape index (κ1) is 18.4. The third-order valence-electron chi connectivity index (χ3n) is 5.29. The van der Waals surface area contributed by atoms with Crippen LogP contribution in [0.4, 0.5) is 0 Å². The number of esters is 1. The summed E-state index contributed by atoms with van der Waals surface area (Å²) in [5.41, 5.74) is 2.62. The van der Waals surface area contributed by atoms with E-state index >= 15 is 0 Å². The molecule has 1 atom stereocenters. The third-order valence-corrected chi connectivity index (χ3v) is 5.29. The standard InChI is InChI=1S/C23H20N2O5/c26-22-9-14(12-24-22)13-30-23(27)17-11-19(25-18-4-2-1-3-16(17)18)15-5-6-20-21(10-15)29-8-7-28-20/h1-6,10-11,14H,7-9,12-13H2,(H,24,26). The summed E-state index contributed by atoms with van der Waals surface area (Å²) in [6, 6.07) is 14.8. The number of benzene rings is 2. The highest BCUT2D eigenvalue weighted by Crippen LogP contribution is 2.35. The van der Waals surface area contributed by atoms with Gasteiger partial charge in [0.25, 0.3) is 0 Å². The van der Waals surface area contributed by atoms with Crippen LogP contribution in [0.3, 0.4) is 0 Å². The van der Waals surface area contributed by atoms with Gasteiger partial charge in [-0.1, -0.05) is 18.2 Å². The molecule has 7 heteroatoms. The van der Waals surface area contributed by atoms with Gasteiger partial charge in [-0.25, -0.2) is 9.78 Å². The maximum Gasteiger partial charge on any atom is 0.338 e. The molecule has 3 aromatic rings. The molecule has 1 amide bonds. The Morgan fingerprint density at radius 1 is 1.10 bits per heavy atom. The Balaban J connectivity index is 1.48. The zero-order valence-corrected chi connectivity index (χ0v) is 16.2. The fourth-order valence-corrected chi connectivity index (χ4v) is 3.75. The number of nitrogens with zero attached hydrogens (tertiary/aromatic N) is 1. The van der Waals surface area contributed by atoms with Crippen molar-refractivity contribution in [2.45, 2.75) is 6.42 Å². The van der Waals surface area contributed by atoms with E-state index < -0.39 is 5.97 Å². The lowest BCUT2D eigenvalue weighted by Crippen LogP contribution is -2.18. The molecule has 0 saturated carbocycles. The van der Waals surface area contributed by atoms with Crippen molar-refractivity contribution >= 4 is 22.8 Å². The number of aromatic nitrogens is 1. The van der Waals surface area contributed by atoms with Crippen molar-refractivity contribution in [1.29, 1.82) is 0 Å². The first-order valence-corrected chi connectivity index (χ1v) is 9.91. The van der Waals surface area contributed by atoms with E-state index in [9.17, 15) is 9.59 Å². The van der Waals surface area contributed by atoms with Gasteiger partial charge >= 0.3 is 5.97 Å². The molecule has 30 heavy (non-hydrogen) atoms. The number of hydrogen-bond donors (Lipinski definition) is 1. The predicted molar refractivity (Wildman–Crippen MR) is 110 cm³/mol. The molecule has 0 aliphatic carbocycles. The van der Waals surface area contributed by atoms with Crippen LogP contribution in [0.25, 0.3) is 22.2 Å². The molecule has 2 aliphatic rings. The second-order valence-corrected chi connectivity index (χ2v) is 7.40. The van der Waals surface area contributed by atoms with Crippen molar-refractivity contribution in [3.63, 3.8) is 0 Å². The van der Waals surface area contributed by atoms with Crippen LogP contribution in [0.2, 0.25) is 0 Å². The lowest BCUT2D eigenvalue weighted by atomic mass is 10.0. The van der Waals surface area contributed by atoms with Crippen LogP contribution < -0.4 is 14.8 Å². The average Bonchev–Trinajstić information content (AvgIpc) is 3.21. The molecule has 1 fully saturated rings. The van der Waals surface area contributed by atoms with E-state index in [2.05, 4.69) is 5.32 Å². The van der Waals surface area contributed by atoms with Gasteiger partial charge in [0.15, 0.2) is 11.5 Å². The zero-order valence-electron chi connectivity index (χ0n) is 16.2. The third kappa shape index (κ3) is 3.54. The number of para-hydroxylation sites is 1. The fraction of sp³-hybridized carbons (Fsp3) is 0.261. The van der Waals surface area contributed by atoms with E-state index in [1.807, 2.05) is 42.5 Å². The molecule has 0 bridgehead atoms. The number of amides is 1. The van der Waals surface area contributed by atoms with Crippen molar-refractivity contribution < 1.29 is 23.8 Å². The highest BCUT2D eigenvalue weighted by molar-refractivity contribution is 6.04. The van der Waals surface area contributed by atoms with Crippen LogP contribution in [0.5, 0.6) is 11.5 Å². The van der Waals surface area contributed by atoms with Crippen LogP contribution in [0.1, 0.15) is 16.8 Å². The quantitative estimate of drug-likeness (QED) is 0.673. The molecular weight excluding hydrogens is 384 g/mol. The molecule has 1 aromatic heterocycles. The smallest absolute Gasteiger partial charge is 0.338 e. The Bertz CT molecular complexity index is 1140. The van der Waals surface area contributed by atoms with Crippen molar-refractivity contribution in [1.82, 2.24) is 10.3 Å². The van der Waals surface area contributed by atoms with Crippen molar-refractivity contribution in [2.24, 2.45) is 5.92 Å². The van der Waals surface area contributed by atoms with Gasteiger partial charge in [-0.3, -0.25) is 4.79 Å². The number of rotatable bonds is 4. The zero-order chi connectivity index (χ0) is 20.5. The maximum atomic E-state index is 12.9. The van der Waals surface area contributed by atoms with Crippen LogP contribution >= 0.6 is 0 Å². The summed E-state index contributed by atoms with van der Waals surface area (Å²) in [6.07, 6.45) is 0.382. The fourth-order valence-electron chi connectivity index (χ4n) is 3.75. The monoisotopic (exact) mass is 404 g/mol. The predicted octanol–water partition coefficient (Wildman–Crippen LogP) is 2.97. The van der Waals surface area contributed by atoms with Gasteiger partial charge in [0, 0.05) is 29.8 Å². The SMILES string of the molecule is O=C1CC(COC(=O)c2cc(-c3ccc4c(c3)OCCO4)nc3ccccc23)CN1. The molecule has 2 aliphatic heterocycles. The molecule has 152 valence electrons. The van der Waals surface area contributed by atoms with Gasteiger partial charge in [-0.05, 0) is 30.3 Å². The molecule has 2 aromatic carbocycles. The minimum absolute atomic E-state index is 0.00631. The average molecular weight is 404 g/mol. The number of pyridine rings is 1. The number of carbonyl (C=O) groups is 2. The van der Waals surface area contributed by atoms with Crippen LogP contribution in [0, 0.1) is 5.92 Å². The molecule has 0 radical (unpaired) electrons. The molecule has 5 rings (SSSR count). The molecule has 1 saturated heterocycles. The summed E-state index contributed by atoms with van der Waals surface area (Å²) in [5, 5.41) is 3.48. The molecular formula is C23H20N2O5. The normalized spacial score (nSPS) is 17.6. The van der Waals surface area contributed by atoms with Crippen LogP contribution in [-0.4, -0.2) is 43.2 Å². The highest BCUT2D eigenvalue weighted by atomic mass is 16.6. The van der Waals surface area contributed by atoms with Crippen LogP contribution in [-0.2, 0) is 9.53 Å². The van der Waals surface area contributed by atoms with Crippen molar-refractivity contribution in [3.8, 4) is 22.8 Å². The molecule has 1 unspecified atom stereocenters. The van der Waals surface area contributed by atoms with E-state index in [1.54, 1.807) is 6.07 Å². The second-order valence-electron chi connectivity index (χ2n) is 7.40. The number of hydrogen-bond acceptors (Lipinski definition) is 6. The Morgan fingerprint density at radius 3 is 2.77 bits per heavy atom. The van der Waals surface area contributed by atoms with Gasteiger partial charge < -0.3 is 19.5 Å². The first-order valence-electron chi connectivity index (χ1n) is 9.91. The number of fused-ring (bicyclic) bond motifs is 2. The summed E-state index contributed by atoms with van der Waals surface area (Å²) in [6.45, 7) is 1.76. The molecule has 3 heterocycles. The van der Waals surface area contributed by atoms with Gasteiger partial charge in [0.1, 0.15) is 13.2 Å². The Morgan fingerprint density at radius 2 is 1.93 bits per heavy atom. The van der Waals surface area contributed by atoms with Gasteiger partial charge in [0.2, 0.25) is 5.91 Å². The maximum absolute atomic E-state index is 12.9. The van der Waals surface area contributed by atoms with E-state index in [1.165, 1.54) is 0 Å². The largest absolute Gasteiger partial charge is 0.486 e. The Labute approximate surface area is 173 Å². The van der Waals surface area contributed by atoms with Gasteiger partial charge in [-0.15, -0.1) is 0 Å². The Kier molecular flexibility index (Phi) is 4.71. The minimum Gasteiger partial charge on any atom is -0.486 e. The van der Waals surface area contributed by atoms with E-state index in [0.717, 1.165) is 10.9 Å². The second kappa shape index (κ2) is 7.67. The lowest BCUT2D eigenvalue weighted by molar-refractivity contribution is -0.119.